The van der Waals surface area contributed by atoms with Crippen molar-refractivity contribution >= 4 is 5.69 Å². The van der Waals surface area contributed by atoms with E-state index in [1.54, 1.807) is 12.1 Å². The first-order valence-electron chi connectivity index (χ1n) is 6.83. The van der Waals surface area contributed by atoms with Crippen molar-refractivity contribution in [2.24, 2.45) is 0 Å². The lowest BCUT2D eigenvalue weighted by molar-refractivity contribution is -0.385. The van der Waals surface area contributed by atoms with Gasteiger partial charge >= 0.3 is 0 Å². The minimum Gasteiger partial charge on any atom is -0.258 e. The van der Waals surface area contributed by atoms with E-state index in [1.165, 1.54) is 5.56 Å². The minimum absolute atomic E-state index is 0.00224. The van der Waals surface area contributed by atoms with E-state index < -0.39 is 0 Å². The van der Waals surface area contributed by atoms with Gasteiger partial charge in [0.05, 0.1) is 4.92 Å². The minimum atomic E-state index is -0.332. The predicted octanol–water partition coefficient (Wildman–Crippen LogP) is 5.22. The van der Waals surface area contributed by atoms with Crippen molar-refractivity contribution in [2.75, 3.05) is 0 Å². The quantitative estimate of drug-likeness (QED) is 0.516. The summed E-state index contributed by atoms with van der Waals surface area (Å²) in [7, 11) is 0. The molecule has 0 radical (unpaired) electrons. The van der Waals surface area contributed by atoms with Crippen molar-refractivity contribution in [1.82, 2.24) is 0 Å². The van der Waals surface area contributed by atoms with E-state index >= 15 is 0 Å². The number of nitro groups is 1. The Morgan fingerprint density at radius 1 is 0.895 bits per heavy atom. The van der Waals surface area contributed by atoms with Crippen molar-refractivity contribution in [3.8, 4) is 0 Å². The third kappa shape index (κ3) is 4.66. The number of benzene rings is 1. The summed E-state index contributed by atoms with van der Waals surface area (Å²) in [4.78, 5) is 10.5. The van der Waals surface area contributed by atoms with Crippen molar-refractivity contribution in [3.05, 3.63) is 39.4 Å². The van der Waals surface area contributed by atoms with Crippen molar-refractivity contribution in [3.63, 3.8) is 0 Å². The summed E-state index contributed by atoms with van der Waals surface area (Å²) < 4.78 is 0. The van der Waals surface area contributed by atoms with E-state index in [1.807, 2.05) is 19.9 Å². The number of nitrogens with zero attached hydrogens (tertiary/aromatic N) is 1. The molecule has 0 aliphatic rings. The summed E-state index contributed by atoms with van der Waals surface area (Å²) in [6.45, 7) is 16.6. The van der Waals surface area contributed by atoms with Crippen LogP contribution in [0.5, 0.6) is 0 Å². The molecule has 0 amide bonds. The predicted molar refractivity (Wildman–Crippen MR) is 81.8 cm³/mol. The van der Waals surface area contributed by atoms with Crippen LogP contribution in [0.2, 0.25) is 0 Å². The average molecular weight is 265 g/mol. The van der Waals surface area contributed by atoms with Crippen LogP contribution in [-0.4, -0.2) is 4.92 Å². The highest BCUT2D eigenvalue weighted by atomic mass is 16.6. The van der Waals surface area contributed by atoms with Gasteiger partial charge in [0.2, 0.25) is 0 Å². The molecule has 3 heteroatoms. The smallest absolute Gasteiger partial charge is 0.258 e. The van der Waals surface area contributed by atoms with Gasteiger partial charge in [0, 0.05) is 12.1 Å². The van der Waals surface area contributed by atoms with Gasteiger partial charge in [-0.15, -0.1) is 0 Å². The van der Waals surface area contributed by atoms with Gasteiger partial charge in [0.1, 0.15) is 0 Å². The maximum atomic E-state index is 10.8. The number of hydrogen-bond acceptors (Lipinski definition) is 2. The van der Waals surface area contributed by atoms with E-state index in [9.17, 15) is 10.1 Å². The summed E-state index contributed by atoms with van der Waals surface area (Å²) in [5.41, 5.74) is 2.31. The molecule has 0 N–H and O–H groups in total. The first-order chi connectivity index (χ1) is 8.53. The Kier molecular flexibility index (Phi) is 5.73. The molecule has 0 saturated carbocycles. The van der Waals surface area contributed by atoms with Crippen LogP contribution < -0.4 is 0 Å². The lowest BCUT2D eigenvalue weighted by Crippen LogP contribution is -2.22. The summed E-state index contributed by atoms with van der Waals surface area (Å²) >= 11 is 0. The first kappa shape index (κ1) is 17.6. The van der Waals surface area contributed by atoms with Crippen LogP contribution in [-0.2, 0) is 10.8 Å². The van der Waals surface area contributed by atoms with Gasteiger partial charge in [-0.25, -0.2) is 0 Å². The fourth-order valence-corrected chi connectivity index (χ4v) is 1.92. The monoisotopic (exact) mass is 265 g/mol. The molecule has 0 atom stereocenters. The summed E-state index contributed by atoms with van der Waals surface area (Å²) in [6, 6.07) is 5.19. The molecule has 0 aliphatic carbocycles. The van der Waals surface area contributed by atoms with Crippen molar-refractivity contribution in [2.45, 2.75) is 66.2 Å². The molecule has 0 saturated heterocycles. The lowest BCUT2D eigenvalue weighted by atomic mass is 9.75. The molecular formula is C16H27NO2. The Hall–Kier alpha value is -1.38. The SMILES string of the molecule is CC.CC(C)(C)c1ccc([N+](=O)[O-])cc1C(C)(C)C. The fraction of sp³-hybridized carbons (Fsp3) is 0.625. The molecule has 0 aliphatic heterocycles. The maximum absolute atomic E-state index is 10.8. The molecule has 0 bridgehead atoms. The van der Waals surface area contributed by atoms with Crippen LogP contribution >= 0.6 is 0 Å². The Labute approximate surface area is 117 Å². The van der Waals surface area contributed by atoms with Gasteiger partial charge in [-0.2, -0.15) is 0 Å². The highest BCUT2D eigenvalue weighted by Crippen LogP contribution is 2.35. The van der Waals surface area contributed by atoms with Gasteiger partial charge in [0.25, 0.3) is 5.69 Å². The van der Waals surface area contributed by atoms with Crippen LogP contribution in [0.1, 0.15) is 66.5 Å². The van der Waals surface area contributed by atoms with Crippen molar-refractivity contribution < 1.29 is 4.92 Å². The zero-order chi connectivity index (χ0) is 15.4. The maximum Gasteiger partial charge on any atom is 0.269 e. The van der Waals surface area contributed by atoms with Crippen LogP contribution in [0.15, 0.2) is 18.2 Å². The second kappa shape index (κ2) is 6.18. The molecular weight excluding hydrogens is 238 g/mol. The number of non-ortho nitro benzene ring substituents is 1. The Bertz CT molecular complexity index is 437. The third-order valence-electron chi connectivity index (χ3n) is 2.83. The Morgan fingerprint density at radius 2 is 1.32 bits per heavy atom. The van der Waals surface area contributed by atoms with E-state index in [0.717, 1.165) is 5.56 Å². The van der Waals surface area contributed by atoms with E-state index in [-0.39, 0.29) is 21.4 Å². The van der Waals surface area contributed by atoms with Gasteiger partial charge in [0.15, 0.2) is 0 Å². The number of hydrogen-bond donors (Lipinski definition) is 0. The number of nitro benzene ring substituents is 1. The molecule has 1 aromatic rings. The molecule has 3 nitrogen and oxygen atoms in total. The molecule has 0 fully saturated rings. The zero-order valence-corrected chi connectivity index (χ0v) is 13.5. The van der Waals surface area contributed by atoms with Crippen molar-refractivity contribution in [1.29, 1.82) is 0 Å². The normalized spacial score (nSPS) is 11.6. The molecule has 1 rings (SSSR count). The summed E-state index contributed by atoms with van der Waals surface area (Å²) in [5, 5.41) is 10.8. The van der Waals surface area contributed by atoms with Gasteiger partial charge < -0.3 is 0 Å². The molecule has 0 aromatic heterocycles. The van der Waals surface area contributed by atoms with Crippen LogP contribution in [0.25, 0.3) is 0 Å². The van der Waals surface area contributed by atoms with E-state index in [2.05, 4.69) is 41.5 Å². The molecule has 108 valence electrons. The van der Waals surface area contributed by atoms with Gasteiger partial charge in [-0.1, -0.05) is 61.5 Å². The van der Waals surface area contributed by atoms with Crippen LogP contribution in [0.3, 0.4) is 0 Å². The second-order valence-corrected chi connectivity index (χ2v) is 6.49. The highest BCUT2D eigenvalue weighted by molar-refractivity contribution is 5.45. The molecule has 1 aromatic carbocycles. The summed E-state index contributed by atoms with van der Waals surface area (Å²) in [5.74, 6) is 0. The van der Waals surface area contributed by atoms with Gasteiger partial charge in [-0.3, -0.25) is 10.1 Å². The fourth-order valence-electron chi connectivity index (χ4n) is 1.92. The largest absolute Gasteiger partial charge is 0.269 e. The van der Waals surface area contributed by atoms with Gasteiger partial charge in [-0.05, 0) is 22.0 Å². The van der Waals surface area contributed by atoms with Crippen LogP contribution in [0, 0.1) is 10.1 Å². The van der Waals surface area contributed by atoms with E-state index in [0.29, 0.717) is 0 Å². The Morgan fingerprint density at radius 3 is 1.63 bits per heavy atom. The average Bonchev–Trinajstić information content (AvgIpc) is 2.28. The summed E-state index contributed by atoms with van der Waals surface area (Å²) in [6.07, 6.45) is 0. The zero-order valence-electron chi connectivity index (χ0n) is 13.5. The molecule has 19 heavy (non-hydrogen) atoms. The Balaban J connectivity index is 0.00000154. The topological polar surface area (TPSA) is 43.1 Å². The number of rotatable bonds is 1. The van der Waals surface area contributed by atoms with E-state index in [4.69, 9.17) is 0 Å². The highest BCUT2D eigenvalue weighted by Gasteiger charge is 2.26. The molecule has 0 unspecified atom stereocenters. The lowest BCUT2D eigenvalue weighted by Gasteiger charge is -2.29. The third-order valence-corrected chi connectivity index (χ3v) is 2.83. The first-order valence-corrected chi connectivity index (χ1v) is 6.83. The second-order valence-electron chi connectivity index (χ2n) is 6.49. The molecule has 0 spiro atoms. The standard InChI is InChI=1S/C14H21NO2.C2H6/c1-13(2,3)11-8-7-10(15(16)17)9-12(11)14(4,5)6;1-2/h7-9H,1-6H3;1-2H3. The molecule has 0 heterocycles. The van der Waals surface area contributed by atoms with Crippen LogP contribution in [0.4, 0.5) is 5.69 Å².